The van der Waals surface area contributed by atoms with Crippen molar-refractivity contribution in [2.45, 2.75) is 39.2 Å². The van der Waals surface area contributed by atoms with Crippen LogP contribution in [0.2, 0.25) is 5.02 Å². The highest BCUT2D eigenvalue weighted by atomic mass is 35.5. The van der Waals surface area contributed by atoms with E-state index in [0.29, 0.717) is 40.3 Å². The van der Waals surface area contributed by atoms with Gasteiger partial charge in [-0.05, 0) is 43.4 Å². The number of pyridine rings is 1. The van der Waals surface area contributed by atoms with Crippen LogP contribution in [0.5, 0.6) is 0 Å². The first-order valence-corrected chi connectivity index (χ1v) is 11.5. The van der Waals surface area contributed by atoms with Gasteiger partial charge in [0.15, 0.2) is 0 Å². The highest BCUT2D eigenvalue weighted by Crippen LogP contribution is 2.30. The molecule has 0 aliphatic carbocycles. The number of benzene rings is 1. The Morgan fingerprint density at radius 2 is 2.03 bits per heavy atom. The van der Waals surface area contributed by atoms with E-state index in [9.17, 15) is 4.79 Å². The second kappa shape index (κ2) is 11.8. The van der Waals surface area contributed by atoms with Crippen molar-refractivity contribution in [3.63, 3.8) is 0 Å². The van der Waals surface area contributed by atoms with Crippen molar-refractivity contribution in [3.8, 4) is 0 Å². The number of anilines is 3. The van der Waals surface area contributed by atoms with Crippen molar-refractivity contribution in [1.29, 1.82) is 0 Å². The highest BCUT2D eigenvalue weighted by molar-refractivity contribution is 6.33. The molecule has 1 aromatic heterocycles. The van der Waals surface area contributed by atoms with Gasteiger partial charge < -0.3 is 20.7 Å². The van der Waals surface area contributed by atoms with Crippen molar-refractivity contribution in [2.24, 2.45) is 10.9 Å². The molecule has 8 heteroatoms. The third kappa shape index (κ3) is 7.04. The lowest BCUT2D eigenvalue weighted by atomic mass is 10.00. The number of amides is 1. The van der Waals surface area contributed by atoms with Crippen molar-refractivity contribution >= 4 is 40.4 Å². The van der Waals surface area contributed by atoms with E-state index in [1.54, 1.807) is 26.4 Å². The molecule has 2 aromatic rings. The maximum Gasteiger partial charge on any atom is 0.253 e. The van der Waals surface area contributed by atoms with Gasteiger partial charge in [0.25, 0.3) is 5.91 Å². The third-order valence-corrected chi connectivity index (χ3v) is 5.59. The number of nitrogens with one attached hydrogen (secondary N) is 3. The number of hydrogen-bond acceptors (Lipinski definition) is 6. The first kappa shape index (κ1) is 24.7. The topological polar surface area (TPSA) is 87.6 Å². The largest absolute Gasteiger partial charge is 0.378 e. The number of allylic oxidation sites excluding steroid dienone is 1. The number of carbonyl (C=O) groups is 1. The SMILES string of the molecule is CNC(=O)c1ccccc1Nc1cc(NC2=CC(COC)=N[C@H](CC(C)C)CC2)ncc1Cl. The summed E-state index contributed by atoms with van der Waals surface area (Å²) < 4.78 is 5.35. The second-order valence-electron chi connectivity index (χ2n) is 8.47. The molecule has 1 amide bonds. The van der Waals surface area contributed by atoms with Crippen LogP contribution in [0.15, 0.2) is 53.3 Å². The standard InChI is InChI=1S/C25H32ClN5O2/c1-16(2)11-17-9-10-18(12-19(29-17)15-33-4)30-24-13-23(21(26)14-28-24)31-22-8-6-5-7-20(22)25(32)27-3/h5-8,12-14,16-17H,9-11,15H2,1-4H3,(H,27,32)(H2,28,30,31)/t17-/m0/s1. The maximum absolute atomic E-state index is 12.2. The van der Waals surface area contributed by atoms with Gasteiger partial charge >= 0.3 is 0 Å². The number of hydrogen-bond donors (Lipinski definition) is 3. The first-order valence-electron chi connectivity index (χ1n) is 11.2. The maximum atomic E-state index is 12.2. The van der Waals surface area contributed by atoms with Crippen LogP contribution in [0.4, 0.5) is 17.2 Å². The van der Waals surface area contributed by atoms with Gasteiger partial charge in [-0.15, -0.1) is 0 Å². The van der Waals surface area contributed by atoms with Crippen LogP contribution in [0.1, 0.15) is 43.5 Å². The average molecular weight is 470 g/mol. The molecule has 3 rings (SSSR count). The number of aliphatic imine (C=N–C) groups is 1. The number of rotatable bonds is 9. The fourth-order valence-corrected chi connectivity index (χ4v) is 3.96. The second-order valence-corrected chi connectivity index (χ2v) is 8.88. The summed E-state index contributed by atoms with van der Waals surface area (Å²) in [6, 6.07) is 9.40. The van der Waals surface area contributed by atoms with Crippen LogP contribution in [0.25, 0.3) is 0 Å². The molecule has 0 saturated heterocycles. The number of aromatic nitrogens is 1. The highest BCUT2D eigenvalue weighted by Gasteiger charge is 2.17. The van der Waals surface area contributed by atoms with Crippen LogP contribution in [0, 0.1) is 5.92 Å². The van der Waals surface area contributed by atoms with E-state index < -0.39 is 0 Å². The van der Waals surface area contributed by atoms with Gasteiger partial charge in [0.1, 0.15) is 5.82 Å². The molecule has 0 fully saturated rings. The Hall–Kier alpha value is -2.90. The summed E-state index contributed by atoms with van der Waals surface area (Å²) in [6.07, 6.45) is 6.52. The summed E-state index contributed by atoms with van der Waals surface area (Å²) >= 11 is 6.41. The van der Waals surface area contributed by atoms with Gasteiger partial charge in [0.05, 0.1) is 46.5 Å². The van der Waals surface area contributed by atoms with Crippen LogP contribution in [0.3, 0.4) is 0 Å². The Balaban J connectivity index is 1.80. The van der Waals surface area contributed by atoms with Gasteiger partial charge in [-0.3, -0.25) is 9.79 Å². The van der Waals surface area contributed by atoms with Crippen molar-refractivity contribution in [3.05, 3.63) is 58.9 Å². The summed E-state index contributed by atoms with van der Waals surface area (Å²) in [4.78, 5) is 21.6. The number of nitrogens with zero attached hydrogens (tertiary/aromatic N) is 2. The molecule has 0 radical (unpaired) electrons. The number of halogens is 1. The molecule has 0 saturated carbocycles. The molecule has 1 aliphatic rings. The predicted octanol–water partition coefficient (Wildman–Crippen LogP) is 5.43. The molecule has 1 aromatic carbocycles. The van der Waals surface area contributed by atoms with Crippen LogP contribution < -0.4 is 16.0 Å². The quantitative estimate of drug-likeness (QED) is 0.455. The average Bonchev–Trinajstić information content (AvgIpc) is 2.97. The number of ether oxygens (including phenoxy) is 1. The van der Waals surface area contributed by atoms with Crippen molar-refractivity contribution in [1.82, 2.24) is 10.3 Å². The summed E-state index contributed by atoms with van der Waals surface area (Å²) in [6.45, 7) is 4.91. The fraction of sp³-hybridized carbons (Fsp3) is 0.400. The van der Waals surface area contributed by atoms with Crippen molar-refractivity contribution in [2.75, 3.05) is 31.4 Å². The fourth-order valence-electron chi connectivity index (χ4n) is 3.81. The molecule has 7 nitrogen and oxygen atoms in total. The smallest absolute Gasteiger partial charge is 0.253 e. The van der Waals surface area contributed by atoms with Gasteiger partial charge in [0.2, 0.25) is 0 Å². The van der Waals surface area contributed by atoms with E-state index in [1.807, 2.05) is 30.3 Å². The molecule has 0 spiro atoms. The van der Waals surface area contributed by atoms with E-state index in [-0.39, 0.29) is 11.9 Å². The van der Waals surface area contributed by atoms with Gasteiger partial charge in [0, 0.05) is 25.9 Å². The minimum absolute atomic E-state index is 0.175. The zero-order chi connectivity index (χ0) is 23.8. The molecule has 2 heterocycles. The predicted molar refractivity (Wildman–Crippen MR) is 136 cm³/mol. The zero-order valence-corrected chi connectivity index (χ0v) is 20.4. The van der Waals surface area contributed by atoms with E-state index in [2.05, 4.69) is 34.8 Å². The Labute approximate surface area is 200 Å². The molecule has 3 N–H and O–H groups in total. The molecule has 1 atom stereocenters. The third-order valence-electron chi connectivity index (χ3n) is 5.28. The number of methoxy groups -OCH3 is 1. The number of carbonyl (C=O) groups excluding carboxylic acids is 1. The summed E-state index contributed by atoms with van der Waals surface area (Å²) in [5.74, 6) is 1.07. The molecule has 176 valence electrons. The van der Waals surface area contributed by atoms with Gasteiger partial charge in [-0.25, -0.2) is 4.98 Å². The van der Waals surface area contributed by atoms with Crippen molar-refractivity contribution < 1.29 is 9.53 Å². The van der Waals surface area contributed by atoms with Gasteiger partial charge in [-0.1, -0.05) is 37.6 Å². The van der Waals surface area contributed by atoms with Crippen LogP contribution in [-0.2, 0) is 4.74 Å². The van der Waals surface area contributed by atoms with E-state index in [0.717, 1.165) is 30.7 Å². The summed E-state index contributed by atoms with van der Waals surface area (Å²) in [5.41, 5.74) is 3.81. The lowest BCUT2D eigenvalue weighted by Gasteiger charge is -2.16. The summed E-state index contributed by atoms with van der Waals surface area (Å²) in [7, 11) is 3.29. The molecule has 33 heavy (non-hydrogen) atoms. The Bertz CT molecular complexity index is 1040. The van der Waals surface area contributed by atoms with E-state index >= 15 is 0 Å². The lowest BCUT2D eigenvalue weighted by Crippen LogP contribution is -2.19. The molecule has 0 unspecified atom stereocenters. The lowest BCUT2D eigenvalue weighted by molar-refractivity contribution is 0.0964. The molecule has 1 aliphatic heterocycles. The molecular weight excluding hydrogens is 438 g/mol. The normalized spacial score (nSPS) is 16.0. The van der Waals surface area contributed by atoms with Crippen LogP contribution >= 0.6 is 11.6 Å². The Kier molecular flexibility index (Phi) is 8.86. The Morgan fingerprint density at radius 1 is 1.24 bits per heavy atom. The zero-order valence-electron chi connectivity index (χ0n) is 19.6. The van der Waals surface area contributed by atoms with Crippen LogP contribution in [-0.4, -0.2) is 43.4 Å². The van der Waals surface area contributed by atoms with Gasteiger partial charge in [-0.2, -0.15) is 0 Å². The number of para-hydroxylation sites is 1. The van der Waals surface area contributed by atoms with E-state index in [4.69, 9.17) is 21.3 Å². The minimum atomic E-state index is -0.175. The molecular formula is C25H32ClN5O2. The minimum Gasteiger partial charge on any atom is -0.378 e. The van der Waals surface area contributed by atoms with E-state index in [1.165, 1.54) is 0 Å². The summed E-state index contributed by atoms with van der Waals surface area (Å²) in [5, 5.41) is 9.81. The molecule has 0 bridgehead atoms. The first-order chi connectivity index (χ1) is 15.9. The monoisotopic (exact) mass is 469 g/mol. The Morgan fingerprint density at radius 3 is 2.76 bits per heavy atom.